The molecule has 2 heterocycles. The van der Waals surface area contributed by atoms with Gasteiger partial charge in [-0.3, -0.25) is 9.78 Å². The molecule has 1 amide bonds. The van der Waals surface area contributed by atoms with E-state index in [1.165, 1.54) is 6.07 Å². The van der Waals surface area contributed by atoms with Crippen LogP contribution in [0.25, 0.3) is 0 Å². The zero-order valence-corrected chi connectivity index (χ0v) is 13.8. The molecular weight excluding hydrogens is 328 g/mol. The Hall–Kier alpha value is -2.54. The van der Waals surface area contributed by atoms with E-state index in [0.29, 0.717) is 37.5 Å². The number of benzene rings is 1. The van der Waals surface area contributed by atoms with Gasteiger partial charge in [0.2, 0.25) is 0 Å². The molecule has 0 spiro atoms. The quantitative estimate of drug-likeness (QED) is 0.924. The predicted octanol–water partition coefficient (Wildman–Crippen LogP) is 2.69. The number of anilines is 1. The number of aromatic nitrogens is 1. The van der Waals surface area contributed by atoms with E-state index in [1.54, 1.807) is 12.3 Å². The number of nitrogens with one attached hydrogen (secondary N) is 1. The number of rotatable bonds is 4. The summed E-state index contributed by atoms with van der Waals surface area (Å²) in [5.41, 5.74) is 1.77. The number of pyridine rings is 1. The molecule has 0 saturated carbocycles. The van der Waals surface area contributed by atoms with Crippen molar-refractivity contribution < 1.29 is 18.3 Å². The molecule has 1 fully saturated rings. The molecule has 0 radical (unpaired) electrons. The van der Waals surface area contributed by atoms with Crippen molar-refractivity contribution in [1.29, 1.82) is 0 Å². The lowest BCUT2D eigenvalue weighted by Gasteiger charge is -2.34. The Balaban J connectivity index is 1.78. The number of hydrogen-bond donors (Lipinski definition) is 1. The van der Waals surface area contributed by atoms with Gasteiger partial charge in [-0.1, -0.05) is 6.07 Å². The molecule has 132 valence electrons. The van der Waals surface area contributed by atoms with Gasteiger partial charge in [-0.15, -0.1) is 0 Å². The fraction of sp³-hybridized carbons (Fsp3) is 0.333. The molecule has 25 heavy (non-hydrogen) atoms. The van der Waals surface area contributed by atoms with Gasteiger partial charge in [-0.2, -0.15) is 0 Å². The number of morpholine rings is 1. The van der Waals surface area contributed by atoms with Crippen LogP contribution in [-0.4, -0.2) is 37.1 Å². The monoisotopic (exact) mass is 347 g/mol. The van der Waals surface area contributed by atoms with Gasteiger partial charge in [0.05, 0.1) is 6.61 Å². The van der Waals surface area contributed by atoms with Crippen molar-refractivity contribution >= 4 is 11.6 Å². The Kier molecular flexibility index (Phi) is 5.23. The SMILES string of the molecule is CCNC(=O)c1cc(N2CCOC(c3ccc(F)c(F)c3)C2)ccn1. The molecule has 1 aromatic carbocycles. The van der Waals surface area contributed by atoms with Gasteiger partial charge in [-0.25, -0.2) is 8.78 Å². The van der Waals surface area contributed by atoms with Crippen LogP contribution in [0.4, 0.5) is 14.5 Å². The van der Waals surface area contributed by atoms with E-state index >= 15 is 0 Å². The van der Waals surface area contributed by atoms with Crippen molar-refractivity contribution in [2.24, 2.45) is 0 Å². The minimum atomic E-state index is -0.888. The summed E-state index contributed by atoms with van der Waals surface area (Å²) in [6, 6.07) is 7.33. The second kappa shape index (κ2) is 7.57. The zero-order chi connectivity index (χ0) is 17.8. The van der Waals surface area contributed by atoms with E-state index < -0.39 is 11.6 Å². The molecule has 1 aliphatic heterocycles. The maximum atomic E-state index is 13.5. The van der Waals surface area contributed by atoms with Crippen LogP contribution in [0.15, 0.2) is 36.5 Å². The Labute approximate surface area is 144 Å². The lowest BCUT2D eigenvalue weighted by Crippen LogP contribution is -2.38. The van der Waals surface area contributed by atoms with Gasteiger partial charge in [0.25, 0.3) is 5.91 Å². The van der Waals surface area contributed by atoms with Crippen molar-refractivity contribution in [3.05, 3.63) is 59.4 Å². The second-order valence-corrected chi connectivity index (χ2v) is 5.74. The van der Waals surface area contributed by atoms with Gasteiger partial charge in [0.1, 0.15) is 11.8 Å². The number of halogens is 2. The zero-order valence-electron chi connectivity index (χ0n) is 13.8. The van der Waals surface area contributed by atoms with E-state index in [2.05, 4.69) is 10.3 Å². The van der Waals surface area contributed by atoms with Crippen molar-refractivity contribution in [1.82, 2.24) is 10.3 Å². The third-order valence-corrected chi connectivity index (χ3v) is 4.06. The molecule has 0 aliphatic carbocycles. The maximum absolute atomic E-state index is 13.5. The van der Waals surface area contributed by atoms with Gasteiger partial charge in [-0.05, 0) is 36.8 Å². The van der Waals surface area contributed by atoms with Crippen LogP contribution in [0.5, 0.6) is 0 Å². The minimum Gasteiger partial charge on any atom is -0.370 e. The smallest absolute Gasteiger partial charge is 0.269 e. The molecule has 3 rings (SSSR count). The third-order valence-electron chi connectivity index (χ3n) is 4.06. The fourth-order valence-corrected chi connectivity index (χ4v) is 2.79. The third kappa shape index (κ3) is 3.93. The highest BCUT2D eigenvalue weighted by Crippen LogP contribution is 2.27. The Morgan fingerprint density at radius 1 is 1.32 bits per heavy atom. The molecule has 5 nitrogen and oxygen atoms in total. The van der Waals surface area contributed by atoms with Crippen LogP contribution < -0.4 is 10.2 Å². The van der Waals surface area contributed by atoms with Crippen LogP contribution >= 0.6 is 0 Å². The standard InChI is InChI=1S/C18H19F2N3O2/c1-2-21-18(24)16-10-13(5-6-22-16)23-7-8-25-17(11-23)12-3-4-14(19)15(20)9-12/h3-6,9-10,17H,2,7-8,11H2,1H3,(H,21,24). The molecule has 7 heteroatoms. The van der Waals surface area contributed by atoms with Crippen LogP contribution in [0.1, 0.15) is 29.1 Å². The first kappa shape index (κ1) is 17.3. The summed E-state index contributed by atoms with van der Waals surface area (Å²) in [6.07, 6.45) is 1.21. The van der Waals surface area contributed by atoms with Crippen LogP contribution in [-0.2, 0) is 4.74 Å². The Morgan fingerprint density at radius 3 is 2.92 bits per heavy atom. The van der Waals surface area contributed by atoms with Crippen LogP contribution in [0, 0.1) is 11.6 Å². The van der Waals surface area contributed by atoms with Crippen molar-refractivity contribution in [2.45, 2.75) is 13.0 Å². The van der Waals surface area contributed by atoms with E-state index in [1.807, 2.05) is 17.9 Å². The molecule has 1 aromatic heterocycles. The summed E-state index contributed by atoms with van der Waals surface area (Å²) < 4.78 is 32.3. The number of carbonyl (C=O) groups excluding carboxylic acids is 1. The molecule has 1 saturated heterocycles. The van der Waals surface area contributed by atoms with E-state index in [9.17, 15) is 13.6 Å². The molecule has 0 bridgehead atoms. The lowest BCUT2D eigenvalue weighted by atomic mass is 10.1. The molecule has 1 N–H and O–H groups in total. The largest absolute Gasteiger partial charge is 0.370 e. The number of carbonyl (C=O) groups is 1. The molecule has 2 aromatic rings. The highest BCUT2D eigenvalue weighted by molar-refractivity contribution is 5.93. The Morgan fingerprint density at radius 2 is 2.16 bits per heavy atom. The predicted molar refractivity (Wildman–Crippen MR) is 89.5 cm³/mol. The van der Waals surface area contributed by atoms with Gasteiger partial charge < -0.3 is 15.0 Å². The normalized spacial score (nSPS) is 17.4. The molecule has 1 aliphatic rings. The number of amides is 1. The van der Waals surface area contributed by atoms with Crippen molar-refractivity contribution in [3.8, 4) is 0 Å². The first-order valence-corrected chi connectivity index (χ1v) is 8.14. The fourth-order valence-electron chi connectivity index (χ4n) is 2.79. The highest BCUT2D eigenvalue weighted by Gasteiger charge is 2.24. The summed E-state index contributed by atoms with van der Waals surface area (Å²) in [5, 5.41) is 2.72. The van der Waals surface area contributed by atoms with Crippen LogP contribution in [0.3, 0.4) is 0 Å². The van der Waals surface area contributed by atoms with E-state index in [-0.39, 0.29) is 12.0 Å². The van der Waals surface area contributed by atoms with Crippen LogP contribution in [0.2, 0.25) is 0 Å². The summed E-state index contributed by atoms with van der Waals surface area (Å²) in [6.45, 7) is 3.93. The highest BCUT2D eigenvalue weighted by atomic mass is 19.2. The molecule has 1 unspecified atom stereocenters. The van der Waals surface area contributed by atoms with Gasteiger partial charge in [0.15, 0.2) is 11.6 Å². The number of ether oxygens (including phenoxy) is 1. The van der Waals surface area contributed by atoms with Gasteiger partial charge >= 0.3 is 0 Å². The summed E-state index contributed by atoms with van der Waals surface area (Å²) in [4.78, 5) is 18.1. The van der Waals surface area contributed by atoms with Gasteiger partial charge in [0, 0.05) is 31.5 Å². The van der Waals surface area contributed by atoms with Crippen molar-refractivity contribution in [3.63, 3.8) is 0 Å². The summed E-state index contributed by atoms with van der Waals surface area (Å²) >= 11 is 0. The minimum absolute atomic E-state index is 0.227. The lowest BCUT2D eigenvalue weighted by molar-refractivity contribution is 0.0395. The van der Waals surface area contributed by atoms with E-state index in [0.717, 1.165) is 17.8 Å². The number of nitrogens with zero attached hydrogens (tertiary/aromatic N) is 2. The average molecular weight is 347 g/mol. The molecular formula is C18H19F2N3O2. The first-order valence-electron chi connectivity index (χ1n) is 8.14. The first-order chi connectivity index (χ1) is 12.1. The average Bonchev–Trinajstić information content (AvgIpc) is 2.64. The van der Waals surface area contributed by atoms with Crippen molar-refractivity contribution in [2.75, 3.05) is 31.1 Å². The summed E-state index contributed by atoms with van der Waals surface area (Å²) in [7, 11) is 0. The van der Waals surface area contributed by atoms with E-state index in [4.69, 9.17) is 4.74 Å². The topological polar surface area (TPSA) is 54.5 Å². The molecule has 1 atom stereocenters. The number of hydrogen-bond acceptors (Lipinski definition) is 4. The Bertz CT molecular complexity index is 770. The maximum Gasteiger partial charge on any atom is 0.269 e. The second-order valence-electron chi connectivity index (χ2n) is 5.74. The summed E-state index contributed by atoms with van der Waals surface area (Å²) in [5.74, 6) is -1.99.